The van der Waals surface area contributed by atoms with E-state index in [1.807, 2.05) is 0 Å². The second-order valence-electron chi connectivity index (χ2n) is 7.23. The minimum Gasteiger partial charge on any atom is -0.330 e. The van der Waals surface area contributed by atoms with Gasteiger partial charge in [-0.1, -0.05) is 37.6 Å². The molecule has 0 aliphatic carbocycles. The van der Waals surface area contributed by atoms with E-state index >= 15 is 0 Å². The van der Waals surface area contributed by atoms with E-state index in [2.05, 4.69) is 50.8 Å². The van der Waals surface area contributed by atoms with Gasteiger partial charge in [-0.2, -0.15) is 0 Å². The van der Waals surface area contributed by atoms with Gasteiger partial charge in [-0.25, -0.2) is 0 Å². The molecule has 0 aromatic heterocycles. The Hall–Kier alpha value is -0.860. The molecule has 118 valence electrons. The Morgan fingerprint density at radius 3 is 2.38 bits per heavy atom. The van der Waals surface area contributed by atoms with Crippen molar-refractivity contribution in [2.45, 2.75) is 46.5 Å². The van der Waals surface area contributed by atoms with Gasteiger partial charge >= 0.3 is 0 Å². The monoisotopic (exact) mass is 288 g/mol. The van der Waals surface area contributed by atoms with Crippen molar-refractivity contribution in [3.05, 3.63) is 34.9 Å². The van der Waals surface area contributed by atoms with Gasteiger partial charge in [0.1, 0.15) is 0 Å². The summed E-state index contributed by atoms with van der Waals surface area (Å²) in [4.78, 5) is 2.62. The van der Waals surface area contributed by atoms with Crippen molar-refractivity contribution in [3.63, 3.8) is 0 Å². The Labute approximate surface area is 130 Å². The lowest BCUT2D eigenvalue weighted by Crippen LogP contribution is -2.39. The third kappa shape index (κ3) is 4.31. The molecule has 1 fully saturated rings. The highest BCUT2D eigenvalue weighted by atomic mass is 15.1. The number of benzene rings is 1. The molecule has 1 heterocycles. The molecule has 2 rings (SSSR count). The van der Waals surface area contributed by atoms with Crippen LogP contribution in [-0.2, 0) is 0 Å². The van der Waals surface area contributed by atoms with Crippen molar-refractivity contribution < 1.29 is 0 Å². The molecule has 2 nitrogen and oxygen atoms in total. The maximum Gasteiger partial charge on any atom is 0.000439 e. The Kier molecular flexibility index (Phi) is 5.83. The van der Waals surface area contributed by atoms with Crippen molar-refractivity contribution in [2.75, 3.05) is 26.2 Å². The predicted molar refractivity (Wildman–Crippen MR) is 91.7 cm³/mol. The van der Waals surface area contributed by atoms with Gasteiger partial charge in [0, 0.05) is 6.54 Å². The van der Waals surface area contributed by atoms with Gasteiger partial charge in [0.25, 0.3) is 0 Å². The second kappa shape index (κ2) is 7.42. The molecule has 2 N–H and O–H groups in total. The number of nitrogens with two attached hydrogens (primary N) is 1. The lowest BCUT2D eigenvalue weighted by molar-refractivity contribution is 0.155. The summed E-state index contributed by atoms with van der Waals surface area (Å²) in [5.41, 5.74) is 10.4. The zero-order valence-electron chi connectivity index (χ0n) is 14.2. The lowest BCUT2D eigenvalue weighted by Gasteiger charge is -2.37. The third-order valence-corrected chi connectivity index (χ3v) is 4.90. The van der Waals surface area contributed by atoms with Crippen LogP contribution in [0.1, 0.15) is 49.3 Å². The minimum atomic E-state index is 0.534. The smallest absolute Gasteiger partial charge is 0.000439 e. The van der Waals surface area contributed by atoms with E-state index < -0.39 is 0 Å². The Morgan fingerprint density at radius 2 is 1.86 bits per heavy atom. The highest BCUT2D eigenvalue weighted by Gasteiger charge is 2.27. The summed E-state index contributed by atoms with van der Waals surface area (Å²) >= 11 is 0. The average molecular weight is 288 g/mol. The largest absolute Gasteiger partial charge is 0.330 e. The highest BCUT2D eigenvalue weighted by molar-refractivity contribution is 5.33. The molecule has 0 spiro atoms. The maximum absolute atomic E-state index is 6.14. The topological polar surface area (TPSA) is 29.3 Å². The number of piperidine rings is 1. The summed E-state index contributed by atoms with van der Waals surface area (Å²) in [6.45, 7) is 13.5. The molecule has 1 aliphatic heterocycles. The summed E-state index contributed by atoms with van der Waals surface area (Å²) < 4.78 is 0. The summed E-state index contributed by atoms with van der Waals surface area (Å²) in [6, 6.07) is 6.84. The molecule has 1 saturated heterocycles. The maximum atomic E-state index is 6.14. The van der Waals surface area contributed by atoms with Crippen LogP contribution in [0.4, 0.5) is 0 Å². The molecule has 1 aliphatic rings. The number of hydrogen-bond donors (Lipinski definition) is 1. The number of nitrogens with zero attached hydrogens (tertiary/aromatic N) is 1. The molecule has 1 unspecified atom stereocenters. The molecule has 0 amide bonds. The van der Waals surface area contributed by atoms with Crippen LogP contribution in [0.5, 0.6) is 0 Å². The molecule has 0 bridgehead atoms. The van der Waals surface area contributed by atoms with Gasteiger partial charge in [0.2, 0.25) is 0 Å². The van der Waals surface area contributed by atoms with E-state index in [9.17, 15) is 0 Å². The molecule has 1 aromatic carbocycles. The van der Waals surface area contributed by atoms with Crippen molar-refractivity contribution in [2.24, 2.45) is 17.6 Å². The van der Waals surface area contributed by atoms with Crippen LogP contribution in [0.3, 0.4) is 0 Å². The zero-order valence-corrected chi connectivity index (χ0v) is 14.2. The van der Waals surface area contributed by atoms with Crippen LogP contribution in [0.25, 0.3) is 0 Å². The predicted octanol–water partition coefficient (Wildman–Crippen LogP) is 3.71. The Morgan fingerprint density at radius 1 is 1.19 bits per heavy atom. The van der Waals surface area contributed by atoms with Crippen LogP contribution < -0.4 is 5.73 Å². The normalized spacial score (nSPS) is 19.1. The summed E-state index contributed by atoms with van der Waals surface area (Å²) in [5, 5.41) is 0. The van der Waals surface area contributed by atoms with E-state index in [0.717, 1.165) is 18.4 Å². The van der Waals surface area contributed by atoms with Gasteiger partial charge in [0.05, 0.1) is 0 Å². The fourth-order valence-corrected chi connectivity index (χ4v) is 3.87. The number of aryl methyl sites for hydroxylation is 2. The first-order valence-corrected chi connectivity index (χ1v) is 8.50. The summed E-state index contributed by atoms with van der Waals surface area (Å²) in [6.07, 6.45) is 2.59. The first kappa shape index (κ1) is 16.5. The van der Waals surface area contributed by atoms with E-state index in [4.69, 9.17) is 5.73 Å². The third-order valence-electron chi connectivity index (χ3n) is 4.90. The van der Waals surface area contributed by atoms with Crippen LogP contribution >= 0.6 is 0 Å². The first-order chi connectivity index (χ1) is 10.0. The fraction of sp³-hybridized carbons (Fsp3) is 0.684. The molecule has 1 aromatic rings. The van der Waals surface area contributed by atoms with E-state index in [1.54, 1.807) is 0 Å². The SMILES string of the molecule is Cc1ccc(C(CN)C2CCN(CC(C)C)CC2)c(C)c1. The van der Waals surface area contributed by atoms with Gasteiger partial charge in [-0.15, -0.1) is 0 Å². The Balaban J connectivity index is 2.02. The lowest BCUT2D eigenvalue weighted by atomic mass is 9.78. The fourth-order valence-electron chi connectivity index (χ4n) is 3.87. The second-order valence-corrected chi connectivity index (χ2v) is 7.23. The average Bonchev–Trinajstić information content (AvgIpc) is 2.43. The van der Waals surface area contributed by atoms with Gasteiger partial charge in [-0.3, -0.25) is 0 Å². The van der Waals surface area contributed by atoms with Crippen molar-refractivity contribution in [1.29, 1.82) is 0 Å². The van der Waals surface area contributed by atoms with E-state index in [1.165, 1.54) is 49.2 Å². The van der Waals surface area contributed by atoms with Crippen molar-refractivity contribution in [1.82, 2.24) is 4.90 Å². The van der Waals surface area contributed by atoms with Crippen molar-refractivity contribution >= 4 is 0 Å². The number of rotatable bonds is 5. The molecule has 1 atom stereocenters. The van der Waals surface area contributed by atoms with Gasteiger partial charge in [-0.05, 0) is 75.2 Å². The molecular weight excluding hydrogens is 256 g/mol. The standard InChI is InChI=1S/C19H32N2/c1-14(2)13-21-9-7-17(8-10-21)19(12-20)18-6-5-15(3)11-16(18)4/h5-6,11,14,17,19H,7-10,12-13,20H2,1-4H3. The number of likely N-dealkylation sites (tertiary alicyclic amines) is 1. The van der Waals surface area contributed by atoms with E-state index in [0.29, 0.717) is 5.92 Å². The molecule has 0 saturated carbocycles. The highest BCUT2D eigenvalue weighted by Crippen LogP contribution is 2.34. The summed E-state index contributed by atoms with van der Waals surface area (Å²) in [7, 11) is 0. The van der Waals surface area contributed by atoms with E-state index in [-0.39, 0.29) is 0 Å². The molecule has 21 heavy (non-hydrogen) atoms. The van der Waals surface area contributed by atoms with Gasteiger partial charge in [0.15, 0.2) is 0 Å². The van der Waals surface area contributed by atoms with Crippen LogP contribution in [0, 0.1) is 25.7 Å². The van der Waals surface area contributed by atoms with Crippen LogP contribution in [-0.4, -0.2) is 31.1 Å². The number of hydrogen-bond acceptors (Lipinski definition) is 2. The Bertz CT molecular complexity index is 445. The van der Waals surface area contributed by atoms with Crippen LogP contribution in [0.15, 0.2) is 18.2 Å². The van der Waals surface area contributed by atoms with Gasteiger partial charge < -0.3 is 10.6 Å². The molecule has 0 radical (unpaired) electrons. The zero-order chi connectivity index (χ0) is 15.4. The molecular formula is C19H32N2. The van der Waals surface area contributed by atoms with Crippen molar-refractivity contribution in [3.8, 4) is 0 Å². The summed E-state index contributed by atoms with van der Waals surface area (Å²) in [5.74, 6) is 2.05. The minimum absolute atomic E-state index is 0.534. The first-order valence-electron chi connectivity index (χ1n) is 8.50. The molecule has 2 heteroatoms. The van der Waals surface area contributed by atoms with Crippen LogP contribution in [0.2, 0.25) is 0 Å². The quantitative estimate of drug-likeness (QED) is 0.895.